The van der Waals surface area contributed by atoms with Crippen molar-refractivity contribution in [3.05, 3.63) is 23.8 Å². The van der Waals surface area contributed by atoms with Gasteiger partial charge in [-0.1, -0.05) is 0 Å². The molecule has 1 N–H and O–H groups in total. The summed E-state index contributed by atoms with van der Waals surface area (Å²) >= 11 is 0. The predicted molar refractivity (Wildman–Crippen MR) is 94.5 cm³/mol. The number of carbonyl (C=O) groups excluding carboxylic acids is 1. The fraction of sp³-hybridized carbons (Fsp3) is 0.750. The highest BCUT2D eigenvalue weighted by Gasteiger charge is 2.56. The molecule has 6 nitrogen and oxygen atoms in total. The van der Waals surface area contributed by atoms with Gasteiger partial charge in [-0.15, -0.1) is 0 Å². The third kappa shape index (κ3) is 2.79. The van der Waals surface area contributed by atoms with E-state index in [1.807, 2.05) is 24.2 Å². The van der Waals surface area contributed by atoms with Gasteiger partial charge in [0, 0.05) is 31.4 Å². The van der Waals surface area contributed by atoms with Gasteiger partial charge >= 0.3 is 6.09 Å². The SMILES string of the molecule is Cc1cnc(C2CCN(C(=O)O[C@H]3C4CC5CC3C[C@](O)(C5)C4)C2)nc1. The molecule has 6 rings (SSSR count). The maximum Gasteiger partial charge on any atom is 0.410 e. The Bertz CT molecular complexity index is 691. The first-order valence-electron chi connectivity index (χ1n) is 9.95. The van der Waals surface area contributed by atoms with E-state index in [-0.39, 0.29) is 18.1 Å². The van der Waals surface area contributed by atoms with Crippen molar-refractivity contribution in [2.75, 3.05) is 13.1 Å². The van der Waals surface area contributed by atoms with Crippen LogP contribution >= 0.6 is 0 Å². The lowest BCUT2D eigenvalue weighted by Crippen LogP contribution is -2.58. The molecule has 0 radical (unpaired) electrons. The van der Waals surface area contributed by atoms with Gasteiger partial charge in [0.2, 0.25) is 0 Å². The van der Waals surface area contributed by atoms with Gasteiger partial charge in [0.15, 0.2) is 0 Å². The molecule has 4 bridgehead atoms. The number of ether oxygens (including phenoxy) is 1. The lowest BCUT2D eigenvalue weighted by atomic mass is 9.53. The Morgan fingerprint density at radius 1 is 1.23 bits per heavy atom. The van der Waals surface area contributed by atoms with E-state index in [9.17, 15) is 9.90 Å². The zero-order valence-corrected chi connectivity index (χ0v) is 15.3. The van der Waals surface area contributed by atoms with Gasteiger partial charge in [0.05, 0.1) is 5.60 Å². The van der Waals surface area contributed by atoms with E-state index in [2.05, 4.69) is 9.97 Å². The average Bonchev–Trinajstić information content (AvgIpc) is 3.07. The number of aromatic nitrogens is 2. The molecule has 0 spiro atoms. The Balaban J connectivity index is 1.22. The summed E-state index contributed by atoms with van der Waals surface area (Å²) in [7, 11) is 0. The molecule has 4 aliphatic carbocycles. The average molecular weight is 357 g/mol. The fourth-order valence-corrected chi connectivity index (χ4v) is 6.07. The van der Waals surface area contributed by atoms with E-state index in [1.54, 1.807) is 0 Å². The van der Waals surface area contributed by atoms with E-state index in [1.165, 1.54) is 0 Å². The van der Waals surface area contributed by atoms with Crippen LogP contribution in [-0.4, -0.2) is 50.9 Å². The second-order valence-electron chi connectivity index (χ2n) is 9.09. The van der Waals surface area contributed by atoms with Crippen LogP contribution in [0.5, 0.6) is 0 Å². The third-order valence-electron chi connectivity index (χ3n) is 7.00. The molecule has 1 aromatic rings. The zero-order chi connectivity index (χ0) is 17.9. The standard InChI is InChI=1S/C20H27N3O3/c1-12-9-21-18(22-10-12)14-2-3-23(11-14)19(24)26-17-15-4-13-5-16(17)8-20(25,6-13)7-15/h9-10,13-17,25H,2-8,11H2,1H3/t13?,14?,15?,16?,17-,20-. The van der Waals surface area contributed by atoms with Crippen molar-refractivity contribution in [2.45, 2.75) is 63.1 Å². The van der Waals surface area contributed by atoms with E-state index in [0.717, 1.165) is 49.9 Å². The van der Waals surface area contributed by atoms with Gasteiger partial charge in [-0.3, -0.25) is 0 Å². The van der Waals surface area contributed by atoms with Gasteiger partial charge in [0.1, 0.15) is 11.9 Å². The summed E-state index contributed by atoms with van der Waals surface area (Å²) in [5, 5.41) is 10.7. The number of hydrogen-bond donors (Lipinski definition) is 1. The Labute approximate surface area is 154 Å². The largest absolute Gasteiger partial charge is 0.446 e. The number of nitrogens with zero attached hydrogens (tertiary/aromatic N) is 3. The maximum atomic E-state index is 12.7. The molecule has 5 fully saturated rings. The van der Waals surface area contributed by atoms with Crippen LogP contribution in [0, 0.1) is 24.7 Å². The van der Waals surface area contributed by atoms with E-state index < -0.39 is 5.60 Å². The van der Waals surface area contributed by atoms with Crippen LogP contribution in [0.1, 0.15) is 55.8 Å². The summed E-state index contributed by atoms with van der Waals surface area (Å²) < 4.78 is 5.99. The van der Waals surface area contributed by atoms with Crippen molar-refractivity contribution in [3.8, 4) is 0 Å². The number of rotatable bonds is 2. The lowest BCUT2D eigenvalue weighted by Gasteiger charge is -2.57. The molecule has 1 amide bonds. The maximum absolute atomic E-state index is 12.7. The van der Waals surface area contributed by atoms with Crippen LogP contribution in [0.25, 0.3) is 0 Å². The quantitative estimate of drug-likeness (QED) is 0.881. The Kier molecular flexibility index (Phi) is 3.75. The Morgan fingerprint density at radius 2 is 1.92 bits per heavy atom. The smallest absolute Gasteiger partial charge is 0.410 e. The molecule has 140 valence electrons. The van der Waals surface area contributed by atoms with Crippen molar-refractivity contribution >= 4 is 6.09 Å². The summed E-state index contributed by atoms with van der Waals surface area (Å²) in [6, 6.07) is 0. The Morgan fingerprint density at radius 3 is 2.58 bits per heavy atom. The molecular weight excluding hydrogens is 330 g/mol. The minimum atomic E-state index is -0.485. The highest BCUT2D eigenvalue weighted by molar-refractivity contribution is 5.68. The number of aryl methyl sites for hydroxylation is 1. The summed E-state index contributed by atoms with van der Waals surface area (Å²) in [6.07, 6.45) is 9.13. The molecule has 26 heavy (non-hydrogen) atoms. The monoisotopic (exact) mass is 357 g/mol. The topological polar surface area (TPSA) is 75.6 Å². The first-order valence-corrected chi connectivity index (χ1v) is 9.95. The van der Waals surface area contributed by atoms with Crippen LogP contribution in [0.2, 0.25) is 0 Å². The molecule has 1 aromatic heterocycles. The third-order valence-corrected chi connectivity index (χ3v) is 7.00. The van der Waals surface area contributed by atoms with Gasteiger partial charge < -0.3 is 14.7 Å². The van der Waals surface area contributed by atoms with E-state index in [0.29, 0.717) is 30.8 Å². The molecule has 0 aromatic carbocycles. The van der Waals surface area contributed by atoms with Crippen molar-refractivity contribution in [1.82, 2.24) is 14.9 Å². The molecule has 3 atom stereocenters. The summed E-state index contributed by atoms with van der Waals surface area (Å²) in [5.74, 6) is 2.33. The summed E-state index contributed by atoms with van der Waals surface area (Å²) in [4.78, 5) is 23.4. The van der Waals surface area contributed by atoms with Gasteiger partial charge in [0.25, 0.3) is 0 Å². The summed E-state index contributed by atoms with van der Waals surface area (Å²) in [5.41, 5.74) is 0.563. The van der Waals surface area contributed by atoms with Gasteiger partial charge in [-0.25, -0.2) is 14.8 Å². The van der Waals surface area contributed by atoms with Gasteiger partial charge in [-0.05, 0) is 68.8 Å². The van der Waals surface area contributed by atoms with Crippen LogP contribution in [-0.2, 0) is 4.74 Å². The van der Waals surface area contributed by atoms with Gasteiger partial charge in [-0.2, -0.15) is 0 Å². The first kappa shape index (κ1) is 16.5. The lowest BCUT2D eigenvalue weighted by molar-refractivity contribution is -0.177. The first-order chi connectivity index (χ1) is 12.5. The molecule has 5 aliphatic rings. The molecule has 3 unspecified atom stereocenters. The van der Waals surface area contributed by atoms with Crippen LogP contribution < -0.4 is 0 Å². The highest BCUT2D eigenvalue weighted by atomic mass is 16.6. The number of aliphatic hydroxyl groups is 1. The molecular formula is C20H27N3O3. The van der Waals surface area contributed by atoms with E-state index >= 15 is 0 Å². The van der Waals surface area contributed by atoms with Crippen molar-refractivity contribution < 1.29 is 14.6 Å². The van der Waals surface area contributed by atoms with Crippen molar-refractivity contribution in [2.24, 2.45) is 17.8 Å². The highest BCUT2D eigenvalue weighted by Crippen LogP contribution is 2.56. The fourth-order valence-electron chi connectivity index (χ4n) is 6.07. The number of amides is 1. The zero-order valence-electron chi connectivity index (χ0n) is 15.3. The minimum Gasteiger partial charge on any atom is -0.446 e. The molecule has 6 heteroatoms. The molecule has 1 aliphatic heterocycles. The number of likely N-dealkylation sites (tertiary alicyclic amines) is 1. The van der Waals surface area contributed by atoms with Crippen LogP contribution in [0.4, 0.5) is 4.79 Å². The summed E-state index contributed by atoms with van der Waals surface area (Å²) in [6.45, 7) is 3.31. The normalized spacial score (nSPS) is 40.8. The Hall–Kier alpha value is -1.69. The van der Waals surface area contributed by atoms with Crippen LogP contribution in [0.15, 0.2) is 12.4 Å². The molecule has 2 heterocycles. The van der Waals surface area contributed by atoms with E-state index in [4.69, 9.17) is 4.74 Å². The molecule has 1 saturated heterocycles. The second-order valence-corrected chi connectivity index (χ2v) is 9.09. The number of carbonyl (C=O) groups is 1. The molecule has 4 saturated carbocycles. The predicted octanol–water partition coefficient (Wildman–Crippen LogP) is 2.65. The van der Waals surface area contributed by atoms with Crippen molar-refractivity contribution in [3.63, 3.8) is 0 Å². The minimum absolute atomic E-state index is 0.00556. The van der Waals surface area contributed by atoms with Crippen molar-refractivity contribution in [1.29, 1.82) is 0 Å². The second kappa shape index (κ2) is 5.91. The van der Waals surface area contributed by atoms with Crippen LogP contribution in [0.3, 0.4) is 0 Å². The number of hydrogen-bond acceptors (Lipinski definition) is 5.